The van der Waals surface area contributed by atoms with Gasteiger partial charge in [0.1, 0.15) is 5.75 Å². The summed E-state index contributed by atoms with van der Waals surface area (Å²) in [6, 6.07) is 4.91. The maximum Gasteiger partial charge on any atom is 0.337 e. The van der Waals surface area contributed by atoms with E-state index in [-0.39, 0.29) is 5.92 Å². The first kappa shape index (κ1) is 12.5. The lowest BCUT2D eigenvalue weighted by molar-refractivity contribution is -0.146. The zero-order valence-corrected chi connectivity index (χ0v) is 9.60. The second-order valence-corrected chi connectivity index (χ2v) is 3.90. The van der Waals surface area contributed by atoms with E-state index < -0.39 is 12.1 Å². The van der Waals surface area contributed by atoms with Crippen molar-refractivity contribution in [2.75, 3.05) is 7.11 Å². The summed E-state index contributed by atoms with van der Waals surface area (Å²) in [4.78, 5) is 10.7. The number of carbonyl (C=O) groups is 1. The van der Waals surface area contributed by atoms with Crippen LogP contribution in [-0.4, -0.2) is 23.3 Å². The van der Waals surface area contributed by atoms with Crippen LogP contribution in [0.1, 0.15) is 37.0 Å². The van der Waals surface area contributed by atoms with E-state index in [0.717, 1.165) is 5.56 Å². The highest BCUT2D eigenvalue weighted by molar-refractivity contribution is 5.74. The van der Waals surface area contributed by atoms with Crippen molar-refractivity contribution in [3.8, 4) is 5.75 Å². The molecule has 4 heteroatoms. The minimum atomic E-state index is -1.48. The SMILES string of the molecule is COc1ccc(C(O)C(=O)O)cc1C(C)C. The third-order valence-corrected chi connectivity index (χ3v) is 2.43. The van der Waals surface area contributed by atoms with Crippen LogP contribution in [0.3, 0.4) is 0 Å². The number of ether oxygens (including phenoxy) is 1. The Balaban J connectivity index is 3.16. The highest BCUT2D eigenvalue weighted by atomic mass is 16.5. The molecule has 0 aliphatic rings. The Hall–Kier alpha value is -1.55. The largest absolute Gasteiger partial charge is 0.496 e. The lowest BCUT2D eigenvalue weighted by atomic mass is 9.97. The van der Waals surface area contributed by atoms with Gasteiger partial charge in [0, 0.05) is 0 Å². The van der Waals surface area contributed by atoms with E-state index in [1.165, 1.54) is 0 Å². The predicted molar refractivity (Wildman–Crippen MR) is 59.7 cm³/mol. The molecule has 1 atom stereocenters. The summed E-state index contributed by atoms with van der Waals surface area (Å²) in [7, 11) is 1.56. The topological polar surface area (TPSA) is 66.8 Å². The smallest absolute Gasteiger partial charge is 0.337 e. The molecule has 0 amide bonds. The number of aliphatic hydroxyl groups excluding tert-OH is 1. The van der Waals surface area contributed by atoms with Crippen molar-refractivity contribution >= 4 is 5.97 Å². The van der Waals surface area contributed by atoms with E-state index in [1.54, 1.807) is 25.3 Å². The van der Waals surface area contributed by atoms with Gasteiger partial charge in [-0.2, -0.15) is 0 Å². The average Bonchev–Trinajstić information content (AvgIpc) is 2.26. The Bertz CT molecular complexity index is 385. The number of rotatable bonds is 4. The zero-order chi connectivity index (χ0) is 12.3. The highest BCUT2D eigenvalue weighted by Gasteiger charge is 2.18. The van der Waals surface area contributed by atoms with E-state index >= 15 is 0 Å². The molecule has 2 N–H and O–H groups in total. The van der Waals surface area contributed by atoms with E-state index in [4.69, 9.17) is 9.84 Å². The van der Waals surface area contributed by atoms with E-state index in [0.29, 0.717) is 11.3 Å². The molecule has 1 aromatic carbocycles. The summed E-state index contributed by atoms with van der Waals surface area (Å²) in [5.74, 6) is -0.341. The lowest BCUT2D eigenvalue weighted by Gasteiger charge is -2.14. The van der Waals surface area contributed by atoms with Gasteiger partial charge in [0.25, 0.3) is 0 Å². The summed E-state index contributed by atoms with van der Waals surface area (Å²) in [6.07, 6.45) is -1.48. The first-order chi connectivity index (χ1) is 7.47. The fraction of sp³-hybridized carbons (Fsp3) is 0.417. The summed E-state index contributed by atoms with van der Waals surface area (Å²) in [5, 5.41) is 18.1. The molecule has 16 heavy (non-hydrogen) atoms. The second kappa shape index (κ2) is 4.99. The van der Waals surface area contributed by atoms with Crippen molar-refractivity contribution < 1.29 is 19.7 Å². The van der Waals surface area contributed by atoms with Gasteiger partial charge in [-0.3, -0.25) is 0 Å². The van der Waals surface area contributed by atoms with Crippen LogP contribution in [-0.2, 0) is 4.79 Å². The molecule has 0 fully saturated rings. The Morgan fingerprint density at radius 1 is 1.38 bits per heavy atom. The monoisotopic (exact) mass is 224 g/mol. The molecule has 0 heterocycles. The number of aliphatic hydroxyl groups is 1. The number of methoxy groups -OCH3 is 1. The lowest BCUT2D eigenvalue weighted by Crippen LogP contribution is -2.11. The number of hydrogen-bond donors (Lipinski definition) is 2. The third-order valence-electron chi connectivity index (χ3n) is 2.43. The van der Waals surface area contributed by atoms with Crippen LogP contribution in [0.25, 0.3) is 0 Å². The van der Waals surface area contributed by atoms with Crippen molar-refractivity contribution in [3.63, 3.8) is 0 Å². The molecule has 1 unspecified atom stereocenters. The summed E-state index contributed by atoms with van der Waals surface area (Å²) in [6.45, 7) is 3.96. The van der Waals surface area contributed by atoms with Gasteiger partial charge >= 0.3 is 5.97 Å². The fourth-order valence-corrected chi connectivity index (χ4v) is 1.52. The van der Waals surface area contributed by atoms with Crippen LogP contribution in [0.15, 0.2) is 18.2 Å². The van der Waals surface area contributed by atoms with Crippen LogP contribution in [0.5, 0.6) is 5.75 Å². The molecule has 0 spiro atoms. The molecular weight excluding hydrogens is 208 g/mol. The Kier molecular flexibility index (Phi) is 3.90. The number of aliphatic carboxylic acids is 1. The van der Waals surface area contributed by atoms with Gasteiger partial charge in [0.05, 0.1) is 7.11 Å². The van der Waals surface area contributed by atoms with Gasteiger partial charge in [0.2, 0.25) is 0 Å². The standard InChI is InChI=1S/C12H16O4/c1-7(2)9-6-8(11(13)12(14)15)4-5-10(9)16-3/h4-7,11,13H,1-3H3,(H,14,15). The molecule has 88 valence electrons. The van der Waals surface area contributed by atoms with Gasteiger partial charge in [0.15, 0.2) is 6.10 Å². The first-order valence-electron chi connectivity index (χ1n) is 5.06. The van der Waals surface area contributed by atoms with Gasteiger partial charge in [-0.15, -0.1) is 0 Å². The van der Waals surface area contributed by atoms with E-state index in [2.05, 4.69) is 0 Å². The maximum absolute atomic E-state index is 10.7. The Morgan fingerprint density at radius 2 is 2.00 bits per heavy atom. The molecule has 0 aliphatic carbocycles. The van der Waals surface area contributed by atoms with Gasteiger partial charge < -0.3 is 14.9 Å². The van der Waals surface area contributed by atoms with E-state index in [9.17, 15) is 9.90 Å². The van der Waals surface area contributed by atoms with Crippen LogP contribution >= 0.6 is 0 Å². The van der Waals surface area contributed by atoms with Gasteiger partial charge in [-0.25, -0.2) is 4.79 Å². The van der Waals surface area contributed by atoms with Crippen molar-refractivity contribution in [1.29, 1.82) is 0 Å². The third kappa shape index (κ3) is 2.52. The summed E-state index contributed by atoms with van der Waals surface area (Å²) in [5.41, 5.74) is 1.26. The maximum atomic E-state index is 10.7. The van der Waals surface area contributed by atoms with Crippen molar-refractivity contribution in [2.24, 2.45) is 0 Å². The quantitative estimate of drug-likeness (QED) is 0.820. The van der Waals surface area contributed by atoms with Crippen LogP contribution in [0.2, 0.25) is 0 Å². The summed E-state index contributed by atoms with van der Waals surface area (Å²) < 4.78 is 5.17. The molecule has 0 saturated carbocycles. The Labute approximate surface area is 94.5 Å². The molecule has 1 rings (SSSR count). The minimum absolute atomic E-state index is 0.205. The molecule has 0 bridgehead atoms. The normalized spacial score (nSPS) is 12.6. The number of carboxylic acids is 1. The molecule has 1 aromatic rings. The molecule has 0 saturated heterocycles. The molecular formula is C12H16O4. The van der Waals surface area contributed by atoms with Crippen LogP contribution in [0.4, 0.5) is 0 Å². The van der Waals surface area contributed by atoms with E-state index in [1.807, 2.05) is 13.8 Å². The molecule has 0 radical (unpaired) electrons. The second-order valence-electron chi connectivity index (χ2n) is 3.90. The van der Waals surface area contributed by atoms with Crippen LogP contribution < -0.4 is 4.74 Å². The van der Waals surface area contributed by atoms with Crippen molar-refractivity contribution in [1.82, 2.24) is 0 Å². The minimum Gasteiger partial charge on any atom is -0.496 e. The number of carboxylic acid groups (broad SMARTS) is 1. The highest BCUT2D eigenvalue weighted by Crippen LogP contribution is 2.29. The number of hydrogen-bond acceptors (Lipinski definition) is 3. The zero-order valence-electron chi connectivity index (χ0n) is 9.60. The van der Waals surface area contributed by atoms with Crippen molar-refractivity contribution in [3.05, 3.63) is 29.3 Å². The average molecular weight is 224 g/mol. The predicted octanol–water partition coefficient (Wildman–Crippen LogP) is 1.94. The Morgan fingerprint density at radius 3 is 2.44 bits per heavy atom. The van der Waals surface area contributed by atoms with Gasteiger partial charge in [-0.05, 0) is 29.2 Å². The van der Waals surface area contributed by atoms with Crippen molar-refractivity contribution in [2.45, 2.75) is 25.9 Å². The molecule has 0 aliphatic heterocycles. The van der Waals surface area contributed by atoms with Gasteiger partial charge in [-0.1, -0.05) is 19.9 Å². The summed E-state index contributed by atoms with van der Waals surface area (Å²) >= 11 is 0. The first-order valence-corrected chi connectivity index (χ1v) is 5.06. The fourth-order valence-electron chi connectivity index (χ4n) is 1.52. The molecule has 0 aromatic heterocycles. The van der Waals surface area contributed by atoms with Crippen LogP contribution in [0, 0.1) is 0 Å². The number of benzene rings is 1. The molecule has 4 nitrogen and oxygen atoms in total.